The Morgan fingerprint density at radius 3 is 2.23 bits per heavy atom. The fourth-order valence-electron chi connectivity index (χ4n) is 2.08. The number of ether oxygens (including phenoxy) is 3. The van der Waals surface area contributed by atoms with Crippen molar-refractivity contribution in [2.75, 3.05) is 13.9 Å². The lowest BCUT2D eigenvalue weighted by Gasteiger charge is -2.24. The number of carbonyl (C=O) groups excluding carboxylic acids is 1. The molecule has 2 rings (SSSR count). The summed E-state index contributed by atoms with van der Waals surface area (Å²) in [6, 6.07) is 12.5. The highest BCUT2D eigenvalue weighted by atomic mass is 19.3. The van der Waals surface area contributed by atoms with Crippen molar-refractivity contribution in [3.63, 3.8) is 0 Å². The number of halogens is 2. The summed E-state index contributed by atoms with van der Waals surface area (Å²) < 4.78 is 42.9. The molecule has 2 aromatic carbocycles. The Balaban J connectivity index is 2.22. The molecule has 0 saturated carbocycles. The van der Waals surface area contributed by atoms with Gasteiger partial charge in [0.25, 0.3) is 0 Å². The van der Waals surface area contributed by atoms with Crippen molar-refractivity contribution in [1.82, 2.24) is 0 Å². The third-order valence-corrected chi connectivity index (χ3v) is 3.38. The van der Waals surface area contributed by atoms with E-state index in [0.717, 1.165) is 0 Å². The number of rotatable bonds is 8. The van der Waals surface area contributed by atoms with E-state index >= 15 is 0 Å². The van der Waals surface area contributed by atoms with Crippen LogP contribution < -0.4 is 4.74 Å². The summed E-state index contributed by atoms with van der Waals surface area (Å²) in [4.78, 5) is 23.1. The predicted molar refractivity (Wildman–Crippen MR) is 86.1 cm³/mol. The number of alkyl halides is 2. The minimum Gasteiger partial charge on any atom is -0.477 e. The van der Waals surface area contributed by atoms with E-state index in [-0.39, 0.29) is 17.9 Å². The number of hydrogen-bond donors (Lipinski definition) is 1. The molecule has 0 fully saturated rings. The van der Waals surface area contributed by atoms with Gasteiger partial charge < -0.3 is 19.3 Å². The molecule has 8 heteroatoms. The van der Waals surface area contributed by atoms with Crippen LogP contribution in [0.4, 0.5) is 8.78 Å². The van der Waals surface area contributed by atoms with Gasteiger partial charge >= 0.3 is 17.9 Å². The zero-order valence-electron chi connectivity index (χ0n) is 13.7. The molecule has 0 radical (unpaired) electrons. The first-order valence-corrected chi connectivity index (χ1v) is 7.45. The van der Waals surface area contributed by atoms with Gasteiger partial charge in [-0.1, -0.05) is 30.3 Å². The molecular weight excluding hydrogens is 350 g/mol. The van der Waals surface area contributed by atoms with Crippen molar-refractivity contribution in [3.05, 3.63) is 65.7 Å². The van der Waals surface area contributed by atoms with Gasteiger partial charge in [0, 0.05) is 7.11 Å². The molecule has 0 heterocycles. The fraction of sp³-hybridized carbons (Fsp3) is 0.222. The van der Waals surface area contributed by atoms with Gasteiger partial charge in [-0.25, -0.2) is 9.59 Å². The number of aliphatic carboxylic acids is 1. The van der Waals surface area contributed by atoms with Gasteiger partial charge in [0.1, 0.15) is 5.75 Å². The predicted octanol–water partition coefficient (Wildman–Crippen LogP) is 3.29. The number of esters is 1. The van der Waals surface area contributed by atoms with Gasteiger partial charge in [0.05, 0.1) is 5.56 Å². The SMILES string of the molecule is COCOc1ccc(C(=O)OC(c2ccccc2)C(F)(F)C(=O)O)cc1. The van der Waals surface area contributed by atoms with E-state index in [2.05, 4.69) is 0 Å². The van der Waals surface area contributed by atoms with Crippen molar-refractivity contribution in [1.29, 1.82) is 0 Å². The Morgan fingerprint density at radius 2 is 1.69 bits per heavy atom. The Bertz CT molecular complexity index is 746. The molecule has 6 nitrogen and oxygen atoms in total. The van der Waals surface area contributed by atoms with E-state index in [0.29, 0.717) is 5.75 Å². The normalized spacial score (nSPS) is 12.3. The van der Waals surface area contributed by atoms with Crippen molar-refractivity contribution in [2.45, 2.75) is 12.0 Å². The number of hydrogen-bond acceptors (Lipinski definition) is 5. The highest BCUT2D eigenvalue weighted by Gasteiger charge is 2.51. The summed E-state index contributed by atoms with van der Waals surface area (Å²) in [6.07, 6.45) is -2.27. The van der Waals surface area contributed by atoms with E-state index in [1.54, 1.807) is 6.07 Å². The first kappa shape index (κ1) is 19.3. The molecule has 0 spiro atoms. The molecule has 0 aromatic heterocycles. The van der Waals surface area contributed by atoms with E-state index in [9.17, 15) is 18.4 Å². The van der Waals surface area contributed by atoms with Crippen LogP contribution in [0, 0.1) is 0 Å². The highest BCUT2D eigenvalue weighted by Crippen LogP contribution is 2.35. The zero-order chi connectivity index (χ0) is 19.2. The van der Waals surface area contributed by atoms with Gasteiger partial charge in [-0.15, -0.1) is 0 Å². The lowest BCUT2D eigenvalue weighted by molar-refractivity contribution is -0.183. The van der Waals surface area contributed by atoms with Crippen LogP contribution in [0.25, 0.3) is 0 Å². The number of carboxylic acids is 1. The Kier molecular flexibility index (Phi) is 6.24. The molecule has 0 aliphatic carbocycles. The first-order chi connectivity index (χ1) is 12.4. The molecule has 0 saturated heterocycles. The fourth-order valence-corrected chi connectivity index (χ4v) is 2.08. The topological polar surface area (TPSA) is 82.1 Å². The van der Waals surface area contributed by atoms with Crippen molar-refractivity contribution in [2.24, 2.45) is 0 Å². The van der Waals surface area contributed by atoms with E-state index in [1.807, 2.05) is 0 Å². The molecule has 138 valence electrons. The van der Waals surface area contributed by atoms with Crippen LogP contribution in [-0.2, 0) is 14.3 Å². The molecular formula is C18H16F2O6. The second-order valence-corrected chi connectivity index (χ2v) is 5.20. The summed E-state index contributed by atoms with van der Waals surface area (Å²) in [5, 5.41) is 8.81. The van der Waals surface area contributed by atoms with Crippen LogP contribution in [0.1, 0.15) is 22.0 Å². The Morgan fingerprint density at radius 1 is 1.08 bits per heavy atom. The first-order valence-electron chi connectivity index (χ1n) is 7.45. The van der Waals surface area contributed by atoms with Crippen molar-refractivity contribution in [3.8, 4) is 5.75 Å². The number of carboxylic acid groups (broad SMARTS) is 1. The van der Waals surface area contributed by atoms with Crippen LogP contribution in [0.5, 0.6) is 5.75 Å². The largest absolute Gasteiger partial charge is 0.477 e. The standard InChI is InChI=1S/C18H16F2O6/c1-24-11-25-14-9-7-13(8-10-14)16(21)26-15(18(19,20)17(22)23)12-5-3-2-4-6-12/h2-10,15H,11H2,1H3,(H,22,23). The maximum absolute atomic E-state index is 14.1. The average molecular weight is 366 g/mol. The number of benzene rings is 2. The third kappa shape index (κ3) is 4.54. The maximum atomic E-state index is 14.1. The van der Waals surface area contributed by atoms with Crippen molar-refractivity contribution >= 4 is 11.9 Å². The minimum absolute atomic E-state index is 0.00467. The molecule has 2 aromatic rings. The maximum Gasteiger partial charge on any atom is 0.382 e. The summed E-state index contributed by atoms with van der Waals surface area (Å²) >= 11 is 0. The molecule has 0 aliphatic heterocycles. The van der Waals surface area contributed by atoms with Crippen LogP contribution >= 0.6 is 0 Å². The third-order valence-electron chi connectivity index (χ3n) is 3.38. The summed E-state index contributed by atoms with van der Waals surface area (Å²) in [7, 11) is 1.44. The van der Waals surface area contributed by atoms with Crippen LogP contribution in [0.15, 0.2) is 54.6 Å². The number of methoxy groups -OCH3 is 1. The number of carbonyl (C=O) groups is 2. The van der Waals surface area contributed by atoms with E-state index in [4.69, 9.17) is 19.3 Å². The van der Waals surface area contributed by atoms with Gasteiger partial charge in [-0.2, -0.15) is 8.78 Å². The molecule has 1 unspecified atom stereocenters. The summed E-state index contributed by atoms with van der Waals surface area (Å²) in [5.41, 5.74) is -0.162. The van der Waals surface area contributed by atoms with Gasteiger partial charge in [-0.3, -0.25) is 0 Å². The molecule has 1 N–H and O–H groups in total. The lowest BCUT2D eigenvalue weighted by Crippen LogP contribution is -2.38. The molecule has 0 bridgehead atoms. The summed E-state index contributed by atoms with van der Waals surface area (Å²) in [6.45, 7) is 0.00467. The van der Waals surface area contributed by atoms with E-state index < -0.39 is 24.0 Å². The van der Waals surface area contributed by atoms with Gasteiger partial charge in [0.15, 0.2) is 6.79 Å². The molecule has 0 amide bonds. The second kappa shape index (κ2) is 8.39. The summed E-state index contributed by atoms with van der Waals surface area (Å²) in [5.74, 6) is -7.36. The Hall–Kier alpha value is -3.00. The quantitative estimate of drug-likeness (QED) is 0.570. The smallest absolute Gasteiger partial charge is 0.382 e. The minimum atomic E-state index is -4.29. The molecule has 0 aliphatic rings. The monoisotopic (exact) mass is 366 g/mol. The van der Waals surface area contributed by atoms with Gasteiger partial charge in [-0.05, 0) is 29.8 Å². The molecule has 1 atom stereocenters. The average Bonchev–Trinajstić information content (AvgIpc) is 2.65. The highest BCUT2D eigenvalue weighted by molar-refractivity contribution is 5.90. The van der Waals surface area contributed by atoms with Crippen LogP contribution in [-0.4, -0.2) is 36.9 Å². The zero-order valence-corrected chi connectivity index (χ0v) is 13.7. The lowest BCUT2D eigenvalue weighted by atomic mass is 10.0. The Labute approximate surface area is 147 Å². The van der Waals surface area contributed by atoms with E-state index in [1.165, 1.54) is 55.6 Å². The second-order valence-electron chi connectivity index (χ2n) is 5.20. The molecule has 26 heavy (non-hydrogen) atoms. The van der Waals surface area contributed by atoms with Crippen LogP contribution in [0.2, 0.25) is 0 Å². The van der Waals surface area contributed by atoms with Gasteiger partial charge in [0.2, 0.25) is 6.10 Å². The van der Waals surface area contributed by atoms with Crippen molar-refractivity contribution < 1.29 is 37.7 Å². The van der Waals surface area contributed by atoms with Crippen LogP contribution in [0.3, 0.4) is 0 Å².